The average molecular weight is 409 g/mol. The Morgan fingerprint density at radius 3 is 2.21 bits per heavy atom. The van der Waals surface area contributed by atoms with E-state index < -0.39 is 10.0 Å². The summed E-state index contributed by atoms with van der Waals surface area (Å²) in [5, 5.41) is 0. The number of carbonyl (C=O) groups excluding carboxylic acids is 1. The van der Waals surface area contributed by atoms with Crippen LogP contribution in [0.3, 0.4) is 0 Å². The number of rotatable bonds is 4. The van der Waals surface area contributed by atoms with Gasteiger partial charge in [-0.05, 0) is 49.3 Å². The van der Waals surface area contributed by atoms with Crippen molar-refractivity contribution < 1.29 is 17.9 Å². The third-order valence-electron chi connectivity index (χ3n) is 5.76. The molecule has 0 N–H and O–H groups in total. The first-order valence-electron chi connectivity index (χ1n) is 10.3. The molecule has 2 heterocycles. The molecule has 28 heavy (non-hydrogen) atoms. The second kappa shape index (κ2) is 8.82. The van der Waals surface area contributed by atoms with Crippen molar-refractivity contribution in [3.05, 3.63) is 23.8 Å². The lowest BCUT2D eigenvalue weighted by atomic mass is 9.91. The number of hydrogen-bond donors (Lipinski definition) is 0. The number of hydrogen-bond acceptors (Lipinski definition) is 4. The van der Waals surface area contributed by atoms with Gasteiger partial charge in [0.25, 0.3) is 5.91 Å². The molecule has 6 nitrogen and oxygen atoms in total. The van der Waals surface area contributed by atoms with E-state index in [0.29, 0.717) is 49.3 Å². The molecule has 156 valence electrons. The highest BCUT2D eigenvalue weighted by atomic mass is 32.2. The predicted molar refractivity (Wildman–Crippen MR) is 109 cm³/mol. The van der Waals surface area contributed by atoms with Crippen LogP contribution in [0.15, 0.2) is 23.1 Å². The van der Waals surface area contributed by atoms with Gasteiger partial charge in [-0.25, -0.2) is 8.42 Å². The van der Waals surface area contributed by atoms with Gasteiger partial charge in [0.2, 0.25) is 10.0 Å². The molecule has 2 fully saturated rings. The number of methoxy groups -OCH3 is 1. The van der Waals surface area contributed by atoms with E-state index in [1.165, 1.54) is 13.2 Å². The van der Waals surface area contributed by atoms with Gasteiger partial charge in [-0.15, -0.1) is 0 Å². The van der Waals surface area contributed by atoms with Crippen LogP contribution in [0.25, 0.3) is 0 Å². The Kier molecular flexibility index (Phi) is 6.65. The van der Waals surface area contributed by atoms with Crippen LogP contribution < -0.4 is 4.74 Å². The van der Waals surface area contributed by atoms with Gasteiger partial charge in [0, 0.05) is 26.2 Å². The lowest BCUT2D eigenvalue weighted by Crippen LogP contribution is -2.42. The molecule has 2 aliphatic heterocycles. The predicted octanol–water partition coefficient (Wildman–Crippen LogP) is 3.38. The number of carbonyl (C=O) groups is 1. The van der Waals surface area contributed by atoms with Crippen molar-refractivity contribution in [2.75, 3.05) is 33.3 Å². The summed E-state index contributed by atoms with van der Waals surface area (Å²) in [5.41, 5.74) is 0.333. The SMILES string of the molecule is COc1ccc(S(=O)(=O)N2CCCCCC2)cc1C(=O)N1CC(C)CC(C)C1. The van der Waals surface area contributed by atoms with Crippen molar-refractivity contribution in [1.82, 2.24) is 9.21 Å². The molecule has 0 aromatic heterocycles. The summed E-state index contributed by atoms with van der Waals surface area (Å²) in [7, 11) is -2.10. The fourth-order valence-electron chi connectivity index (χ4n) is 4.44. The number of amides is 1. The molecule has 0 radical (unpaired) electrons. The summed E-state index contributed by atoms with van der Waals surface area (Å²) in [5.74, 6) is 1.14. The van der Waals surface area contributed by atoms with Crippen LogP contribution in [-0.2, 0) is 10.0 Å². The highest BCUT2D eigenvalue weighted by molar-refractivity contribution is 7.89. The normalized spacial score (nSPS) is 24.6. The molecule has 0 spiro atoms. The molecule has 2 saturated heterocycles. The third-order valence-corrected chi connectivity index (χ3v) is 7.65. The molecular weight excluding hydrogens is 376 g/mol. The Hall–Kier alpha value is -1.60. The van der Waals surface area contributed by atoms with E-state index in [0.717, 1.165) is 32.1 Å². The first-order valence-corrected chi connectivity index (χ1v) is 11.7. The Balaban J connectivity index is 1.92. The molecule has 0 aliphatic carbocycles. The van der Waals surface area contributed by atoms with Crippen LogP contribution in [0.4, 0.5) is 0 Å². The zero-order valence-electron chi connectivity index (χ0n) is 17.2. The lowest BCUT2D eigenvalue weighted by Gasteiger charge is -2.35. The smallest absolute Gasteiger partial charge is 0.257 e. The fraction of sp³-hybridized carbons (Fsp3) is 0.667. The van der Waals surface area contributed by atoms with E-state index in [4.69, 9.17) is 4.74 Å². The Labute approximate surface area is 168 Å². The van der Waals surface area contributed by atoms with E-state index in [2.05, 4.69) is 13.8 Å². The molecule has 1 aromatic carbocycles. The molecule has 2 aliphatic rings. The minimum absolute atomic E-state index is 0.150. The van der Waals surface area contributed by atoms with Gasteiger partial charge in [-0.1, -0.05) is 26.7 Å². The molecule has 2 unspecified atom stereocenters. The highest BCUT2D eigenvalue weighted by Gasteiger charge is 2.30. The van der Waals surface area contributed by atoms with Crippen LogP contribution in [0.2, 0.25) is 0 Å². The summed E-state index contributed by atoms with van der Waals surface area (Å²) in [6.45, 7) is 6.75. The first-order chi connectivity index (χ1) is 13.3. The van der Waals surface area contributed by atoms with Crippen LogP contribution in [-0.4, -0.2) is 56.8 Å². The zero-order chi connectivity index (χ0) is 20.3. The largest absolute Gasteiger partial charge is 0.496 e. The molecule has 0 bridgehead atoms. The zero-order valence-corrected chi connectivity index (χ0v) is 18.0. The number of nitrogens with zero attached hydrogens (tertiary/aromatic N) is 2. The molecule has 0 saturated carbocycles. The summed E-state index contributed by atoms with van der Waals surface area (Å²) < 4.78 is 33.3. The number of sulfonamides is 1. The van der Waals surface area contributed by atoms with Crippen molar-refractivity contribution in [3.63, 3.8) is 0 Å². The Morgan fingerprint density at radius 2 is 1.64 bits per heavy atom. The van der Waals surface area contributed by atoms with Gasteiger partial charge < -0.3 is 9.64 Å². The van der Waals surface area contributed by atoms with Gasteiger partial charge in [-0.3, -0.25) is 4.79 Å². The Bertz CT molecular complexity index is 791. The minimum atomic E-state index is -3.61. The van der Waals surface area contributed by atoms with Crippen LogP contribution in [0, 0.1) is 11.8 Å². The lowest BCUT2D eigenvalue weighted by molar-refractivity contribution is 0.0619. The number of piperidine rings is 1. The van der Waals surface area contributed by atoms with Crippen molar-refractivity contribution >= 4 is 15.9 Å². The van der Waals surface area contributed by atoms with Crippen LogP contribution in [0.5, 0.6) is 5.75 Å². The van der Waals surface area contributed by atoms with Gasteiger partial charge in [-0.2, -0.15) is 4.31 Å². The van der Waals surface area contributed by atoms with E-state index in [1.54, 1.807) is 16.4 Å². The van der Waals surface area contributed by atoms with Crippen molar-refractivity contribution in [2.24, 2.45) is 11.8 Å². The first kappa shape index (κ1) is 21.1. The third kappa shape index (κ3) is 4.51. The van der Waals surface area contributed by atoms with E-state index in [1.807, 2.05) is 4.90 Å². The maximum absolute atomic E-state index is 13.2. The Morgan fingerprint density at radius 1 is 1.04 bits per heavy atom. The summed E-state index contributed by atoms with van der Waals surface area (Å²) in [6, 6.07) is 4.66. The minimum Gasteiger partial charge on any atom is -0.496 e. The summed E-state index contributed by atoms with van der Waals surface area (Å²) in [4.78, 5) is 15.2. The number of ether oxygens (including phenoxy) is 1. The molecule has 3 rings (SSSR count). The monoisotopic (exact) mass is 408 g/mol. The second-order valence-electron chi connectivity index (χ2n) is 8.34. The highest BCUT2D eigenvalue weighted by Crippen LogP contribution is 2.29. The van der Waals surface area contributed by atoms with Crippen molar-refractivity contribution in [3.8, 4) is 5.75 Å². The van der Waals surface area contributed by atoms with Crippen LogP contribution >= 0.6 is 0 Å². The molecular formula is C21H32N2O4S. The maximum atomic E-state index is 13.2. The fourth-order valence-corrected chi connectivity index (χ4v) is 5.99. The molecule has 1 amide bonds. The second-order valence-corrected chi connectivity index (χ2v) is 10.3. The number of benzene rings is 1. The topological polar surface area (TPSA) is 66.9 Å². The standard InChI is InChI=1S/C21H32N2O4S/c1-16-12-17(2)15-22(14-16)21(24)19-13-18(8-9-20(19)27-3)28(25,26)23-10-6-4-5-7-11-23/h8-9,13,16-17H,4-7,10-12,14-15H2,1-3H3. The van der Waals surface area contributed by atoms with Crippen molar-refractivity contribution in [2.45, 2.75) is 50.8 Å². The van der Waals surface area contributed by atoms with Gasteiger partial charge in [0.05, 0.1) is 17.6 Å². The van der Waals surface area contributed by atoms with Gasteiger partial charge in [0.15, 0.2) is 0 Å². The number of likely N-dealkylation sites (tertiary alicyclic amines) is 1. The van der Waals surface area contributed by atoms with E-state index in [9.17, 15) is 13.2 Å². The van der Waals surface area contributed by atoms with E-state index >= 15 is 0 Å². The molecule has 7 heteroatoms. The quantitative estimate of drug-likeness (QED) is 0.766. The van der Waals surface area contributed by atoms with Crippen LogP contribution in [0.1, 0.15) is 56.3 Å². The molecule has 1 aromatic rings. The summed E-state index contributed by atoms with van der Waals surface area (Å²) in [6.07, 6.45) is 4.98. The van der Waals surface area contributed by atoms with Gasteiger partial charge >= 0.3 is 0 Å². The van der Waals surface area contributed by atoms with E-state index in [-0.39, 0.29) is 10.8 Å². The average Bonchev–Trinajstić information content (AvgIpc) is 2.96. The molecule has 2 atom stereocenters. The summed E-state index contributed by atoms with van der Waals surface area (Å²) >= 11 is 0. The maximum Gasteiger partial charge on any atom is 0.257 e. The van der Waals surface area contributed by atoms with Crippen molar-refractivity contribution in [1.29, 1.82) is 0 Å². The van der Waals surface area contributed by atoms with Gasteiger partial charge in [0.1, 0.15) is 5.75 Å².